The molecule has 2 N–H and O–H groups in total. The molecular formula is C18H25NO4. The first-order valence-corrected chi connectivity index (χ1v) is 8.23. The molecule has 0 unspecified atom stereocenters. The third kappa shape index (κ3) is 4.71. The number of benzene rings is 1. The van der Waals surface area contributed by atoms with E-state index >= 15 is 0 Å². The fourth-order valence-electron chi connectivity index (χ4n) is 3.14. The lowest BCUT2D eigenvalue weighted by molar-refractivity contribution is -0.148. The third-order valence-electron chi connectivity index (χ3n) is 4.52. The molecule has 1 amide bonds. The molecule has 0 atom stereocenters. The quantitative estimate of drug-likeness (QED) is 0.791. The molecule has 5 nitrogen and oxygen atoms in total. The lowest BCUT2D eigenvalue weighted by Gasteiger charge is -2.29. The van der Waals surface area contributed by atoms with E-state index in [1.807, 2.05) is 24.3 Å². The van der Waals surface area contributed by atoms with E-state index in [1.54, 1.807) is 7.11 Å². The van der Waals surface area contributed by atoms with Crippen LogP contribution in [0.25, 0.3) is 0 Å². The van der Waals surface area contributed by atoms with E-state index in [9.17, 15) is 14.7 Å². The van der Waals surface area contributed by atoms with E-state index < -0.39 is 11.5 Å². The van der Waals surface area contributed by atoms with Gasteiger partial charge in [-0.15, -0.1) is 0 Å². The molecular weight excluding hydrogens is 294 g/mol. The Kier molecular flexibility index (Phi) is 6.02. The normalized spacial score (nSPS) is 17.1. The van der Waals surface area contributed by atoms with Gasteiger partial charge in [0.1, 0.15) is 11.3 Å². The van der Waals surface area contributed by atoms with E-state index in [0.29, 0.717) is 19.3 Å². The van der Waals surface area contributed by atoms with Crippen LogP contribution in [-0.2, 0) is 16.0 Å². The van der Waals surface area contributed by atoms with Crippen molar-refractivity contribution in [3.05, 3.63) is 29.8 Å². The lowest BCUT2D eigenvalue weighted by atomic mass is 9.90. The Morgan fingerprint density at radius 3 is 2.52 bits per heavy atom. The highest BCUT2D eigenvalue weighted by atomic mass is 16.5. The van der Waals surface area contributed by atoms with E-state index in [-0.39, 0.29) is 12.3 Å². The first kappa shape index (κ1) is 17.3. The number of aryl methyl sites for hydroxylation is 1. The fraction of sp³-hybridized carbons (Fsp3) is 0.556. The molecule has 1 saturated carbocycles. The maximum absolute atomic E-state index is 12.3. The molecule has 2 rings (SSSR count). The smallest absolute Gasteiger partial charge is 0.329 e. The average Bonchev–Trinajstić information content (AvgIpc) is 2.80. The first-order valence-electron chi connectivity index (χ1n) is 8.23. The van der Waals surface area contributed by atoms with Crippen LogP contribution in [0.5, 0.6) is 5.75 Å². The molecule has 1 aliphatic rings. The van der Waals surface area contributed by atoms with Gasteiger partial charge in [0.05, 0.1) is 7.11 Å². The lowest BCUT2D eigenvalue weighted by Crippen LogP contribution is -2.54. The van der Waals surface area contributed by atoms with Crippen molar-refractivity contribution in [3.63, 3.8) is 0 Å². The zero-order chi connectivity index (χ0) is 16.7. The molecule has 1 fully saturated rings. The van der Waals surface area contributed by atoms with Gasteiger partial charge in [0, 0.05) is 6.42 Å². The maximum Gasteiger partial charge on any atom is 0.329 e. The zero-order valence-corrected chi connectivity index (χ0v) is 13.6. The van der Waals surface area contributed by atoms with E-state index in [2.05, 4.69) is 5.32 Å². The van der Waals surface area contributed by atoms with Crippen LogP contribution in [-0.4, -0.2) is 29.6 Å². The summed E-state index contributed by atoms with van der Waals surface area (Å²) in [5.41, 5.74) is -0.0770. The molecule has 0 heterocycles. The van der Waals surface area contributed by atoms with E-state index in [1.165, 1.54) is 0 Å². The van der Waals surface area contributed by atoms with Crippen LogP contribution in [0.4, 0.5) is 0 Å². The number of nitrogens with one attached hydrogen (secondary N) is 1. The van der Waals surface area contributed by atoms with Gasteiger partial charge in [-0.1, -0.05) is 37.8 Å². The van der Waals surface area contributed by atoms with Crippen molar-refractivity contribution in [2.45, 2.75) is 56.9 Å². The first-order chi connectivity index (χ1) is 11.1. The minimum absolute atomic E-state index is 0.197. The molecule has 0 spiro atoms. The van der Waals surface area contributed by atoms with Crippen molar-refractivity contribution in [2.24, 2.45) is 0 Å². The SMILES string of the molecule is COc1cccc(CCC(=O)NC2(C(=O)O)CCCCCC2)c1. The topological polar surface area (TPSA) is 75.6 Å². The van der Waals surface area contributed by atoms with E-state index in [0.717, 1.165) is 37.0 Å². The molecule has 23 heavy (non-hydrogen) atoms. The summed E-state index contributed by atoms with van der Waals surface area (Å²) in [7, 11) is 1.61. The van der Waals surface area contributed by atoms with Gasteiger partial charge in [-0.2, -0.15) is 0 Å². The monoisotopic (exact) mass is 319 g/mol. The maximum atomic E-state index is 12.3. The van der Waals surface area contributed by atoms with Crippen LogP contribution >= 0.6 is 0 Å². The Hall–Kier alpha value is -2.04. The largest absolute Gasteiger partial charge is 0.497 e. The van der Waals surface area contributed by atoms with Gasteiger partial charge in [0.25, 0.3) is 0 Å². The summed E-state index contributed by atoms with van der Waals surface area (Å²) in [4.78, 5) is 23.9. The summed E-state index contributed by atoms with van der Waals surface area (Å²) in [5, 5.41) is 12.4. The molecule has 1 aromatic rings. The fourth-order valence-corrected chi connectivity index (χ4v) is 3.14. The minimum atomic E-state index is -1.08. The van der Waals surface area contributed by atoms with Crippen LogP contribution in [0.15, 0.2) is 24.3 Å². The molecule has 0 aromatic heterocycles. The summed E-state index contributed by atoms with van der Waals surface area (Å²) in [6, 6.07) is 7.57. The standard InChI is InChI=1S/C18H25NO4/c1-23-15-8-6-7-14(13-15)9-10-16(20)19-18(17(21)22)11-4-2-3-5-12-18/h6-8,13H,2-5,9-12H2,1H3,(H,19,20)(H,21,22). The van der Waals surface area contributed by atoms with Crippen molar-refractivity contribution in [1.29, 1.82) is 0 Å². The third-order valence-corrected chi connectivity index (χ3v) is 4.52. The van der Waals surface area contributed by atoms with Crippen LogP contribution in [0.1, 0.15) is 50.5 Å². The minimum Gasteiger partial charge on any atom is -0.497 e. The predicted molar refractivity (Wildman–Crippen MR) is 87.5 cm³/mol. The molecule has 5 heteroatoms. The van der Waals surface area contributed by atoms with Crippen LogP contribution in [0.2, 0.25) is 0 Å². The van der Waals surface area contributed by atoms with Gasteiger partial charge in [-0.05, 0) is 37.0 Å². The van der Waals surface area contributed by atoms with Gasteiger partial charge < -0.3 is 15.2 Å². The molecule has 0 bridgehead atoms. The number of ether oxygens (including phenoxy) is 1. The van der Waals surface area contributed by atoms with Gasteiger partial charge in [-0.3, -0.25) is 4.79 Å². The number of carboxylic acid groups (broad SMARTS) is 1. The molecule has 0 radical (unpaired) electrons. The van der Waals surface area contributed by atoms with Crippen molar-refractivity contribution in [1.82, 2.24) is 5.32 Å². The Balaban J connectivity index is 1.95. The van der Waals surface area contributed by atoms with Crippen LogP contribution in [0, 0.1) is 0 Å². The summed E-state index contributed by atoms with van der Waals surface area (Å²) >= 11 is 0. The zero-order valence-electron chi connectivity index (χ0n) is 13.6. The number of carboxylic acids is 1. The highest BCUT2D eigenvalue weighted by Gasteiger charge is 2.39. The molecule has 1 aromatic carbocycles. The molecule has 1 aliphatic carbocycles. The Bertz CT molecular complexity index is 548. The summed E-state index contributed by atoms with van der Waals surface area (Å²) in [6.45, 7) is 0. The van der Waals surface area contributed by atoms with Crippen molar-refractivity contribution >= 4 is 11.9 Å². The number of carbonyl (C=O) groups excluding carboxylic acids is 1. The van der Waals surface area contributed by atoms with Crippen LogP contribution < -0.4 is 10.1 Å². The number of hydrogen-bond donors (Lipinski definition) is 2. The Labute approximate surface area is 137 Å². The van der Waals surface area contributed by atoms with Crippen molar-refractivity contribution in [2.75, 3.05) is 7.11 Å². The molecule has 126 valence electrons. The second-order valence-electron chi connectivity index (χ2n) is 6.20. The summed E-state index contributed by atoms with van der Waals surface area (Å²) in [5.74, 6) is -0.347. The highest BCUT2D eigenvalue weighted by Crippen LogP contribution is 2.27. The summed E-state index contributed by atoms with van der Waals surface area (Å²) in [6.07, 6.45) is 5.66. The number of methoxy groups -OCH3 is 1. The number of hydrogen-bond acceptors (Lipinski definition) is 3. The number of carbonyl (C=O) groups is 2. The van der Waals surface area contributed by atoms with Crippen molar-refractivity contribution < 1.29 is 19.4 Å². The van der Waals surface area contributed by atoms with Crippen molar-refractivity contribution in [3.8, 4) is 5.75 Å². The van der Waals surface area contributed by atoms with E-state index in [4.69, 9.17) is 4.74 Å². The van der Waals surface area contributed by atoms with Gasteiger partial charge in [0.2, 0.25) is 5.91 Å². The summed E-state index contributed by atoms with van der Waals surface area (Å²) < 4.78 is 5.17. The van der Waals surface area contributed by atoms with Gasteiger partial charge in [-0.25, -0.2) is 4.79 Å². The second-order valence-corrected chi connectivity index (χ2v) is 6.20. The predicted octanol–water partition coefficient (Wildman–Crippen LogP) is 2.92. The molecule has 0 aliphatic heterocycles. The highest BCUT2D eigenvalue weighted by molar-refractivity contribution is 5.87. The number of aliphatic carboxylic acids is 1. The average molecular weight is 319 g/mol. The molecule has 0 saturated heterocycles. The van der Waals surface area contributed by atoms with Gasteiger partial charge in [0.15, 0.2) is 0 Å². The number of amides is 1. The Morgan fingerprint density at radius 1 is 1.22 bits per heavy atom. The van der Waals surface area contributed by atoms with Gasteiger partial charge >= 0.3 is 5.97 Å². The number of rotatable bonds is 6. The Morgan fingerprint density at radius 2 is 1.91 bits per heavy atom. The second kappa shape index (κ2) is 7.99. The van der Waals surface area contributed by atoms with Crippen LogP contribution in [0.3, 0.4) is 0 Å².